The fraction of sp³-hybridized carbons (Fsp3) is 0.478. The third-order valence-electron chi connectivity index (χ3n) is 5.24. The molecule has 0 saturated carbocycles. The summed E-state index contributed by atoms with van der Waals surface area (Å²) in [6.45, 7) is 6.00. The van der Waals surface area contributed by atoms with E-state index in [1.807, 2.05) is 13.8 Å². The lowest BCUT2D eigenvalue weighted by Gasteiger charge is -2.41. The average molecular weight is 470 g/mol. The molecule has 0 radical (unpaired) electrons. The van der Waals surface area contributed by atoms with Gasteiger partial charge in [-0.25, -0.2) is 18.2 Å². The fourth-order valence-corrected chi connectivity index (χ4v) is 4.10. The molecule has 3 rings (SSSR count). The van der Waals surface area contributed by atoms with Gasteiger partial charge in [-0.1, -0.05) is 26.1 Å². The second kappa shape index (κ2) is 12.0. The number of nitrogens with two attached hydrogens (primary N) is 1. The Morgan fingerprint density at radius 1 is 1.28 bits per heavy atom. The third kappa shape index (κ3) is 6.10. The SMILES string of the molecule is CC.CC(=O)N(NC(=S)c1ccc(F)cc1F)C1C2=C(CCCC(F)=C2)OCC1CCN. The smallest absolute Gasteiger partial charge is 0.238 e. The highest BCUT2D eigenvalue weighted by Crippen LogP contribution is 2.36. The molecule has 1 amide bonds. The van der Waals surface area contributed by atoms with Crippen molar-refractivity contribution < 1.29 is 22.7 Å². The number of rotatable bonds is 4. The Kier molecular flexibility index (Phi) is 9.71. The number of halogens is 3. The highest BCUT2D eigenvalue weighted by Gasteiger charge is 2.39. The van der Waals surface area contributed by atoms with E-state index in [9.17, 15) is 18.0 Å². The van der Waals surface area contributed by atoms with Gasteiger partial charge in [-0.3, -0.25) is 10.2 Å². The molecule has 9 heteroatoms. The first kappa shape index (κ1) is 25.9. The summed E-state index contributed by atoms with van der Waals surface area (Å²) in [7, 11) is 0. The molecular formula is C23H30F3N3O2S. The topological polar surface area (TPSA) is 67.6 Å². The van der Waals surface area contributed by atoms with Crippen LogP contribution in [0, 0.1) is 17.6 Å². The summed E-state index contributed by atoms with van der Waals surface area (Å²) < 4.78 is 47.6. The molecule has 0 saturated heterocycles. The van der Waals surface area contributed by atoms with Crippen LogP contribution in [0.25, 0.3) is 0 Å². The number of amides is 1. The van der Waals surface area contributed by atoms with E-state index in [2.05, 4.69) is 5.43 Å². The summed E-state index contributed by atoms with van der Waals surface area (Å²) >= 11 is 5.29. The van der Waals surface area contributed by atoms with Gasteiger partial charge in [-0.05, 0) is 44.0 Å². The molecule has 1 aromatic rings. The maximum Gasteiger partial charge on any atom is 0.238 e. The minimum absolute atomic E-state index is 0.0446. The number of carbonyl (C=O) groups excluding carboxylic acids is 1. The minimum atomic E-state index is -0.846. The van der Waals surface area contributed by atoms with Gasteiger partial charge in [-0.15, -0.1) is 0 Å². The van der Waals surface area contributed by atoms with E-state index in [1.165, 1.54) is 24.1 Å². The second-order valence-corrected chi connectivity index (χ2v) is 7.78. The van der Waals surface area contributed by atoms with Gasteiger partial charge in [0.05, 0.1) is 12.6 Å². The number of thiocarbonyl (C=S) groups is 1. The first-order valence-electron chi connectivity index (χ1n) is 10.8. The summed E-state index contributed by atoms with van der Waals surface area (Å²) in [6, 6.07) is 2.41. The van der Waals surface area contributed by atoms with Gasteiger partial charge in [0.1, 0.15) is 28.2 Å². The number of nitrogens with one attached hydrogen (secondary N) is 1. The highest BCUT2D eigenvalue weighted by molar-refractivity contribution is 7.80. The van der Waals surface area contributed by atoms with Crippen molar-refractivity contribution >= 4 is 23.1 Å². The molecule has 0 fully saturated rings. The van der Waals surface area contributed by atoms with E-state index < -0.39 is 23.6 Å². The molecule has 1 aromatic carbocycles. The summed E-state index contributed by atoms with van der Waals surface area (Å²) in [5.74, 6) is -1.84. The summed E-state index contributed by atoms with van der Waals surface area (Å²) in [6.07, 6.45) is 3.38. The molecule has 2 atom stereocenters. The van der Waals surface area contributed by atoms with Gasteiger partial charge in [0, 0.05) is 36.5 Å². The van der Waals surface area contributed by atoms with Crippen LogP contribution in [0.15, 0.2) is 41.4 Å². The van der Waals surface area contributed by atoms with Crippen molar-refractivity contribution in [3.63, 3.8) is 0 Å². The predicted molar refractivity (Wildman–Crippen MR) is 122 cm³/mol. The Labute approximate surface area is 192 Å². The molecule has 1 heterocycles. The summed E-state index contributed by atoms with van der Waals surface area (Å²) in [5, 5.41) is 1.28. The van der Waals surface area contributed by atoms with Gasteiger partial charge < -0.3 is 10.5 Å². The number of allylic oxidation sites excluding steroid dienone is 2. The zero-order valence-corrected chi connectivity index (χ0v) is 19.4. The van der Waals surface area contributed by atoms with Gasteiger partial charge in [0.15, 0.2) is 0 Å². The molecule has 3 N–H and O–H groups in total. The average Bonchev–Trinajstić information content (AvgIpc) is 2.94. The van der Waals surface area contributed by atoms with E-state index >= 15 is 0 Å². The fourth-order valence-electron chi connectivity index (χ4n) is 3.83. The maximum absolute atomic E-state index is 14.3. The van der Waals surface area contributed by atoms with Gasteiger partial charge in [-0.2, -0.15) is 0 Å². The van der Waals surface area contributed by atoms with E-state index in [-0.39, 0.29) is 28.7 Å². The first-order valence-corrected chi connectivity index (χ1v) is 11.2. The lowest BCUT2D eigenvalue weighted by Crippen LogP contribution is -2.56. The molecule has 1 aliphatic carbocycles. The Balaban J connectivity index is 0.00000176. The highest BCUT2D eigenvalue weighted by atomic mass is 32.1. The molecule has 0 aromatic heterocycles. The third-order valence-corrected chi connectivity index (χ3v) is 5.55. The van der Waals surface area contributed by atoms with E-state index in [0.717, 1.165) is 12.1 Å². The lowest BCUT2D eigenvalue weighted by molar-refractivity contribution is -0.134. The molecule has 2 unspecified atom stereocenters. The molecule has 2 aliphatic rings. The molecule has 176 valence electrons. The summed E-state index contributed by atoms with van der Waals surface area (Å²) in [5.41, 5.74) is 9.06. The number of hydrazine groups is 1. The van der Waals surface area contributed by atoms with Crippen LogP contribution in [0.1, 0.15) is 52.0 Å². The first-order chi connectivity index (χ1) is 15.3. The van der Waals surface area contributed by atoms with Crippen LogP contribution in [0.4, 0.5) is 13.2 Å². The van der Waals surface area contributed by atoms with Crippen molar-refractivity contribution in [2.45, 2.75) is 52.5 Å². The standard InChI is InChI=1S/C21H24F3N3O2S.C2H6/c1-12(28)27(26-21(30)16-6-5-15(23)10-18(16)24)20-13(7-8-25)11-29-19-4-2-3-14(22)9-17(19)20;1-2/h5-6,9-10,13,20H,2-4,7-8,11,25H2,1H3,(H,26,30);1-2H3. The maximum atomic E-state index is 14.3. The molecule has 32 heavy (non-hydrogen) atoms. The van der Waals surface area contributed by atoms with Crippen molar-refractivity contribution in [3.05, 3.63) is 58.6 Å². The molecule has 0 bridgehead atoms. The molecular weight excluding hydrogens is 439 g/mol. The number of hydrogen-bond donors (Lipinski definition) is 2. The van der Waals surface area contributed by atoms with Crippen LogP contribution >= 0.6 is 12.2 Å². The Morgan fingerprint density at radius 2 is 2.00 bits per heavy atom. The summed E-state index contributed by atoms with van der Waals surface area (Å²) in [4.78, 5) is 12.5. The normalized spacial score (nSPS) is 20.0. The van der Waals surface area contributed by atoms with Crippen molar-refractivity contribution in [2.24, 2.45) is 11.7 Å². The van der Waals surface area contributed by atoms with Crippen molar-refractivity contribution in [1.29, 1.82) is 0 Å². The van der Waals surface area contributed by atoms with Crippen LogP contribution in [0.2, 0.25) is 0 Å². The number of ether oxygens (including phenoxy) is 1. The van der Waals surface area contributed by atoms with E-state index in [1.54, 1.807) is 0 Å². The zero-order chi connectivity index (χ0) is 23.8. The van der Waals surface area contributed by atoms with Crippen molar-refractivity contribution in [3.8, 4) is 0 Å². The Hall–Kier alpha value is -2.39. The van der Waals surface area contributed by atoms with Crippen LogP contribution in [-0.2, 0) is 9.53 Å². The van der Waals surface area contributed by atoms with E-state index in [4.69, 9.17) is 22.7 Å². The molecule has 0 spiro atoms. The quantitative estimate of drug-likeness (QED) is 0.495. The van der Waals surface area contributed by atoms with Crippen LogP contribution in [-0.4, -0.2) is 35.1 Å². The van der Waals surface area contributed by atoms with Crippen LogP contribution in [0.5, 0.6) is 0 Å². The molecule has 1 aliphatic heterocycles. The van der Waals surface area contributed by atoms with Crippen LogP contribution < -0.4 is 11.2 Å². The Morgan fingerprint density at radius 3 is 2.62 bits per heavy atom. The largest absolute Gasteiger partial charge is 0.497 e. The number of nitrogens with zero attached hydrogens (tertiary/aromatic N) is 1. The van der Waals surface area contributed by atoms with Crippen molar-refractivity contribution in [1.82, 2.24) is 10.4 Å². The molecule has 5 nitrogen and oxygen atoms in total. The number of benzene rings is 1. The van der Waals surface area contributed by atoms with Gasteiger partial charge >= 0.3 is 0 Å². The van der Waals surface area contributed by atoms with Crippen LogP contribution in [0.3, 0.4) is 0 Å². The Bertz CT molecular complexity index is 904. The van der Waals surface area contributed by atoms with Gasteiger partial charge in [0.2, 0.25) is 5.91 Å². The monoisotopic (exact) mass is 469 g/mol. The van der Waals surface area contributed by atoms with E-state index in [0.29, 0.717) is 43.7 Å². The second-order valence-electron chi connectivity index (χ2n) is 7.37. The van der Waals surface area contributed by atoms with Gasteiger partial charge in [0.25, 0.3) is 0 Å². The number of hydrogen-bond acceptors (Lipinski definition) is 4. The van der Waals surface area contributed by atoms with Crippen molar-refractivity contribution in [2.75, 3.05) is 13.2 Å². The predicted octanol–water partition coefficient (Wildman–Crippen LogP) is 4.67. The number of carbonyl (C=O) groups is 1. The zero-order valence-electron chi connectivity index (χ0n) is 18.6. The minimum Gasteiger partial charge on any atom is -0.497 e. The lowest BCUT2D eigenvalue weighted by atomic mass is 9.86.